The molecule has 2 atom stereocenters. The van der Waals surface area contributed by atoms with Crippen molar-refractivity contribution in [3.63, 3.8) is 0 Å². The molecule has 1 aliphatic carbocycles. The number of carbonyl (C=O) groups excluding carboxylic acids is 2. The van der Waals surface area contributed by atoms with Crippen LogP contribution < -0.4 is 10.1 Å². The zero-order valence-corrected chi connectivity index (χ0v) is 27.5. The molecule has 2 heterocycles. The Balaban J connectivity index is 1.24. The van der Waals surface area contributed by atoms with Crippen LogP contribution in [0.25, 0.3) is 5.57 Å². The molecule has 2 aliphatic heterocycles. The first kappa shape index (κ1) is 33.2. The minimum absolute atomic E-state index is 0.0268. The molecular weight excluding hydrogens is 678 g/mol. The van der Waals surface area contributed by atoms with Gasteiger partial charge in [0.05, 0.1) is 22.7 Å². The van der Waals surface area contributed by atoms with E-state index in [-0.39, 0.29) is 36.3 Å². The average molecular weight is 715 g/mol. The standard InChI is InChI=1S/C36H36BrF4N3O3/c1-22(45)43-20-28-18-30(25-9-7-23(8-10-25)5-3-15-47-33-17-27(38)11-14-31(33)37)34(32(21-43)42-28)35(46)44(29-12-13-29)19-24-4-2-6-26(16-24)36(39,40)41/h2,4,6-11,14,16-17,28-29,32,42H,3,5,12-13,15,18-21H2,1H3. The van der Waals surface area contributed by atoms with E-state index >= 15 is 0 Å². The second-order valence-corrected chi connectivity index (χ2v) is 13.4. The number of hydrogen-bond acceptors (Lipinski definition) is 4. The van der Waals surface area contributed by atoms with Crippen LogP contribution in [0.5, 0.6) is 5.75 Å². The first-order valence-corrected chi connectivity index (χ1v) is 16.6. The average Bonchev–Trinajstić information content (AvgIpc) is 3.88. The van der Waals surface area contributed by atoms with Crippen molar-refractivity contribution in [2.75, 3.05) is 19.7 Å². The Morgan fingerprint density at radius 1 is 1.02 bits per heavy atom. The number of fused-ring (bicyclic) bond motifs is 2. The van der Waals surface area contributed by atoms with Crippen LogP contribution in [0, 0.1) is 5.82 Å². The number of hydrogen-bond donors (Lipinski definition) is 1. The Labute approximate surface area is 279 Å². The molecule has 3 aliphatic rings. The monoisotopic (exact) mass is 713 g/mol. The van der Waals surface area contributed by atoms with Gasteiger partial charge in [-0.2, -0.15) is 13.2 Å². The predicted molar refractivity (Wildman–Crippen MR) is 174 cm³/mol. The molecule has 11 heteroatoms. The molecule has 6 rings (SSSR count). The summed E-state index contributed by atoms with van der Waals surface area (Å²) in [5, 5.41) is 3.55. The Morgan fingerprint density at radius 3 is 2.49 bits per heavy atom. The lowest BCUT2D eigenvalue weighted by Gasteiger charge is -2.44. The van der Waals surface area contributed by atoms with Crippen LogP contribution >= 0.6 is 15.9 Å². The second kappa shape index (κ2) is 13.8. The summed E-state index contributed by atoms with van der Waals surface area (Å²) in [6.07, 6.45) is -0.887. The number of halogens is 5. The Bertz CT molecular complexity index is 1670. The molecule has 2 bridgehead atoms. The minimum atomic E-state index is -4.47. The van der Waals surface area contributed by atoms with Gasteiger partial charge in [-0.1, -0.05) is 36.4 Å². The van der Waals surface area contributed by atoms with Crippen molar-refractivity contribution in [1.29, 1.82) is 0 Å². The van der Waals surface area contributed by atoms with Gasteiger partial charge in [0.1, 0.15) is 11.6 Å². The number of rotatable bonds is 10. The van der Waals surface area contributed by atoms with E-state index < -0.39 is 17.8 Å². The van der Waals surface area contributed by atoms with E-state index in [2.05, 4.69) is 21.2 Å². The summed E-state index contributed by atoms with van der Waals surface area (Å²) in [6, 6.07) is 17.1. The van der Waals surface area contributed by atoms with E-state index in [9.17, 15) is 27.2 Å². The summed E-state index contributed by atoms with van der Waals surface area (Å²) in [6.45, 7) is 2.89. The Kier molecular flexibility index (Phi) is 9.75. The van der Waals surface area contributed by atoms with Crippen molar-refractivity contribution < 1.29 is 31.9 Å². The van der Waals surface area contributed by atoms with Crippen molar-refractivity contribution in [1.82, 2.24) is 15.1 Å². The van der Waals surface area contributed by atoms with E-state index in [0.29, 0.717) is 47.5 Å². The maximum atomic E-state index is 14.5. The molecule has 3 aromatic carbocycles. The highest BCUT2D eigenvalue weighted by Crippen LogP contribution is 2.38. The third-order valence-corrected chi connectivity index (χ3v) is 9.65. The van der Waals surface area contributed by atoms with Crippen LogP contribution in [-0.4, -0.2) is 59.4 Å². The highest BCUT2D eigenvalue weighted by Gasteiger charge is 2.43. The van der Waals surface area contributed by atoms with Crippen LogP contribution in [0.15, 0.2) is 76.8 Å². The molecule has 0 aromatic heterocycles. The molecule has 2 unspecified atom stereocenters. The van der Waals surface area contributed by atoms with Gasteiger partial charge in [-0.15, -0.1) is 0 Å². The number of aryl methyl sites for hydroxylation is 1. The smallest absolute Gasteiger partial charge is 0.416 e. The number of nitrogens with zero attached hydrogens (tertiary/aromatic N) is 2. The molecule has 6 nitrogen and oxygen atoms in total. The Hall–Kier alpha value is -3.70. The van der Waals surface area contributed by atoms with Gasteiger partial charge in [-0.3, -0.25) is 9.59 Å². The van der Waals surface area contributed by atoms with Crippen LogP contribution in [0.2, 0.25) is 0 Å². The van der Waals surface area contributed by atoms with Gasteiger partial charge in [0.2, 0.25) is 5.91 Å². The van der Waals surface area contributed by atoms with Gasteiger partial charge in [-0.25, -0.2) is 4.39 Å². The molecule has 248 valence electrons. The zero-order chi connectivity index (χ0) is 33.3. The lowest BCUT2D eigenvalue weighted by Crippen LogP contribution is -2.61. The van der Waals surface area contributed by atoms with Crippen molar-refractivity contribution in [3.8, 4) is 5.75 Å². The van der Waals surface area contributed by atoms with Crippen molar-refractivity contribution in [2.45, 2.75) is 69.9 Å². The fourth-order valence-electron chi connectivity index (χ4n) is 6.49. The summed E-state index contributed by atoms with van der Waals surface area (Å²) in [5.74, 6) is -0.167. The molecular formula is C36H36BrF4N3O3. The first-order chi connectivity index (χ1) is 22.5. The summed E-state index contributed by atoms with van der Waals surface area (Å²) < 4.78 is 60.4. The quantitative estimate of drug-likeness (QED) is 0.179. The zero-order valence-electron chi connectivity index (χ0n) is 26.0. The highest BCUT2D eigenvalue weighted by molar-refractivity contribution is 9.10. The molecule has 0 radical (unpaired) electrons. The van der Waals surface area contributed by atoms with E-state index in [0.717, 1.165) is 54.5 Å². The molecule has 1 saturated heterocycles. The van der Waals surface area contributed by atoms with Gasteiger partial charge in [-0.05, 0) is 94.6 Å². The van der Waals surface area contributed by atoms with E-state index in [1.807, 2.05) is 24.3 Å². The number of piperazine rings is 1. The Morgan fingerprint density at radius 2 is 1.79 bits per heavy atom. The summed E-state index contributed by atoms with van der Waals surface area (Å²) in [7, 11) is 0. The third kappa shape index (κ3) is 7.89. The molecule has 1 N–H and O–H groups in total. The van der Waals surface area contributed by atoms with Crippen LogP contribution in [-0.2, 0) is 28.7 Å². The molecule has 47 heavy (non-hydrogen) atoms. The lowest BCUT2D eigenvalue weighted by atomic mass is 9.82. The highest BCUT2D eigenvalue weighted by atomic mass is 79.9. The molecule has 3 aromatic rings. The van der Waals surface area contributed by atoms with Crippen LogP contribution in [0.1, 0.15) is 54.9 Å². The fraction of sp³-hybridized carbons (Fsp3) is 0.389. The van der Waals surface area contributed by atoms with E-state index in [1.165, 1.54) is 25.1 Å². The molecule has 2 amide bonds. The summed E-state index contributed by atoms with van der Waals surface area (Å²) in [4.78, 5) is 30.4. The van der Waals surface area contributed by atoms with Crippen LogP contribution in [0.4, 0.5) is 17.6 Å². The number of carbonyl (C=O) groups is 2. The maximum Gasteiger partial charge on any atom is 0.416 e. The summed E-state index contributed by atoms with van der Waals surface area (Å²) >= 11 is 3.37. The van der Waals surface area contributed by atoms with Crippen molar-refractivity contribution in [3.05, 3.63) is 105 Å². The fourth-order valence-corrected chi connectivity index (χ4v) is 6.85. The third-order valence-electron chi connectivity index (χ3n) is 9.00. The maximum absolute atomic E-state index is 14.5. The lowest BCUT2D eigenvalue weighted by molar-refractivity contribution is -0.137. The molecule has 2 fully saturated rings. The van der Waals surface area contributed by atoms with E-state index in [4.69, 9.17) is 4.74 Å². The first-order valence-electron chi connectivity index (χ1n) is 15.8. The van der Waals surface area contributed by atoms with Crippen LogP contribution in [0.3, 0.4) is 0 Å². The number of alkyl halides is 3. The van der Waals surface area contributed by atoms with Gasteiger partial charge >= 0.3 is 6.18 Å². The van der Waals surface area contributed by atoms with Gasteiger partial charge < -0.3 is 19.9 Å². The minimum Gasteiger partial charge on any atom is -0.492 e. The van der Waals surface area contributed by atoms with Gasteiger partial charge in [0, 0.05) is 50.3 Å². The molecule has 1 saturated carbocycles. The topological polar surface area (TPSA) is 61.9 Å². The summed E-state index contributed by atoms with van der Waals surface area (Å²) in [5.41, 5.74) is 3.18. The van der Waals surface area contributed by atoms with Crippen molar-refractivity contribution in [2.24, 2.45) is 0 Å². The second-order valence-electron chi connectivity index (χ2n) is 12.5. The van der Waals surface area contributed by atoms with E-state index in [1.54, 1.807) is 21.9 Å². The normalized spacial score (nSPS) is 19.5. The largest absolute Gasteiger partial charge is 0.492 e. The number of ether oxygens (including phenoxy) is 1. The number of amides is 2. The van der Waals surface area contributed by atoms with Gasteiger partial charge in [0.25, 0.3) is 5.91 Å². The van der Waals surface area contributed by atoms with Gasteiger partial charge in [0.15, 0.2) is 0 Å². The van der Waals surface area contributed by atoms with Crippen molar-refractivity contribution >= 4 is 33.3 Å². The predicted octanol–water partition coefficient (Wildman–Crippen LogP) is 7.16. The SMILES string of the molecule is CC(=O)N1CC2CC(c3ccc(CCCOc4cc(F)ccc4Br)cc3)=C(C(=O)N(Cc3cccc(C(F)(F)F)c3)C3CC3)C(C1)N2. The number of benzene rings is 3. The number of nitrogens with one attached hydrogen (secondary N) is 1. The molecule has 0 spiro atoms.